The van der Waals surface area contributed by atoms with Crippen molar-refractivity contribution in [1.29, 1.82) is 0 Å². The Bertz CT molecular complexity index is 806. The van der Waals surface area contributed by atoms with Crippen molar-refractivity contribution in [3.05, 3.63) is 53.9 Å². The SMILES string of the molecule is CC(=O)c1ccn(CCCN2CCN(c3cccc(C(F)(F)F)c3)CC2)c1.CCCC. The summed E-state index contributed by atoms with van der Waals surface area (Å²) < 4.78 is 40.6. The lowest BCUT2D eigenvalue weighted by Crippen LogP contribution is -2.46. The van der Waals surface area contributed by atoms with Crippen LogP contribution in [-0.4, -0.2) is 48.0 Å². The van der Waals surface area contributed by atoms with Gasteiger partial charge in [-0.2, -0.15) is 13.2 Å². The number of hydrogen-bond acceptors (Lipinski definition) is 3. The quantitative estimate of drug-likeness (QED) is 0.518. The average Bonchev–Trinajstić information content (AvgIpc) is 3.23. The summed E-state index contributed by atoms with van der Waals surface area (Å²) in [6.45, 7) is 10.8. The van der Waals surface area contributed by atoms with Gasteiger partial charge in [-0.05, 0) is 44.2 Å². The van der Waals surface area contributed by atoms with E-state index >= 15 is 0 Å². The summed E-state index contributed by atoms with van der Waals surface area (Å²) in [7, 11) is 0. The first-order valence-electron chi connectivity index (χ1n) is 11.1. The van der Waals surface area contributed by atoms with Gasteiger partial charge in [0.25, 0.3) is 0 Å². The molecule has 0 unspecified atom stereocenters. The van der Waals surface area contributed by atoms with E-state index in [4.69, 9.17) is 0 Å². The molecule has 1 aromatic carbocycles. The Morgan fingerprint density at radius 1 is 1.00 bits per heavy atom. The second-order valence-electron chi connectivity index (χ2n) is 7.92. The van der Waals surface area contributed by atoms with Crippen molar-refractivity contribution in [2.45, 2.75) is 52.8 Å². The highest BCUT2D eigenvalue weighted by Crippen LogP contribution is 2.31. The van der Waals surface area contributed by atoms with Gasteiger partial charge in [0.15, 0.2) is 5.78 Å². The van der Waals surface area contributed by atoms with E-state index in [-0.39, 0.29) is 5.78 Å². The molecular formula is C24H34F3N3O. The molecule has 0 radical (unpaired) electrons. The molecule has 172 valence electrons. The van der Waals surface area contributed by atoms with Gasteiger partial charge in [-0.3, -0.25) is 9.69 Å². The molecule has 2 heterocycles. The molecule has 1 saturated heterocycles. The molecule has 0 bridgehead atoms. The molecule has 0 N–H and O–H groups in total. The minimum absolute atomic E-state index is 0.0689. The van der Waals surface area contributed by atoms with Crippen molar-refractivity contribution in [2.24, 2.45) is 0 Å². The largest absolute Gasteiger partial charge is 0.416 e. The van der Waals surface area contributed by atoms with Gasteiger partial charge in [0.1, 0.15) is 0 Å². The van der Waals surface area contributed by atoms with Gasteiger partial charge in [0.05, 0.1) is 5.56 Å². The van der Waals surface area contributed by atoms with Crippen LogP contribution in [0.25, 0.3) is 0 Å². The van der Waals surface area contributed by atoms with Crippen molar-refractivity contribution < 1.29 is 18.0 Å². The highest BCUT2D eigenvalue weighted by molar-refractivity contribution is 5.93. The smallest absolute Gasteiger partial charge is 0.369 e. The Labute approximate surface area is 183 Å². The second-order valence-corrected chi connectivity index (χ2v) is 7.92. The van der Waals surface area contributed by atoms with Crippen LogP contribution in [0.1, 0.15) is 56.0 Å². The van der Waals surface area contributed by atoms with Crippen molar-refractivity contribution in [3.63, 3.8) is 0 Å². The number of aromatic nitrogens is 1. The molecule has 2 aromatic rings. The molecule has 1 aliphatic heterocycles. The number of hydrogen-bond donors (Lipinski definition) is 0. The average molecular weight is 438 g/mol. The number of aryl methyl sites for hydroxylation is 1. The number of Topliss-reactive ketones (excluding diaryl/α,β-unsaturated/α-hetero) is 1. The number of nitrogens with zero attached hydrogens (tertiary/aromatic N) is 3. The summed E-state index contributed by atoms with van der Waals surface area (Å²) in [6, 6.07) is 7.38. The first-order valence-corrected chi connectivity index (χ1v) is 11.1. The number of alkyl halides is 3. The fourth-order valence-electron chi connectivity index (χ4n) is 3.37. The number of carbonyl (C=O) groups excluding carboxylic acids is 1. The zero-order valence-corrected chi connectivity index (χ0v) is 18.8. The van der Waals surface area contributed by atoms with Gasteiger partial charge in [-0.1, -0.05) is 32.8 Å². The minimum Gasteiger partial charge on any atom is -0.369 e. The molecule has 1 fully saturated rings. The number of halogens is 3. The van der Waals surface area contributed by atoms with E-state index in [9.17, 15) is 18.0 Å². The Hall–Kier alpha value is -2.28. The van der Waals surface area contributed by atoms with Crippen LogP contribution in [0.5, 0.6) is 0 Å². The third kappa shape index (κ3) is 8.05. The lowest BCUT2D eigenvalue weighted by atomic mass is 10.1. The summed E-state index contributed by atoms with van der Waals surface area (Å²) in [4.78, 5) is 15.7. The van der Waals surface area contributed by atoms with Crippen LogP contribution in [-0.2, 0) is 12.7 Å². The number of anilines is 1. The molecular weight excluding hydrogens is 403 g/mol. The Balaban J connectivity index is 0.000000785. The number of carbonyl (C=O) groups is 1. The molecule has 1 aliphatic rings. The second kappa shape index (κ2) is 11.9. The molecule has 0 spiro atoms. The summed E-state index contributed by atoms with van der Waals surface area (Å²) in [6.07, 6.45) is 3.09. The van der Waals surface area contributed by atoms with Crippen LogP contribution in [0.15, 0.2) is 42.7 Å². The molecule has 31 heavy (non-hydrogen) atoms. The lowest BCUT2D eigenvalue weighted by Gasteiger charge is -2.36. The topological polar surface area (TPSA) is 28.5 Å². The van der Waals surface area contributed by atoms with Gasteiger partial charge in [-0.25, -0.2) is 0 Å². The fourth-order valence-corrected chi connectivity index (χ4v) is 3.37. The Morgan fingerprint density at radius 2 is 1.68 bits per heavy atom. The van der Waals surface area contributed by atoms with Crippen LogP contribution >= 0.6 is 0 Å². The monoisotopic (exact) mass is 437 g/mol. The molecule has 7 heteroatoms. The number of piperazine rings is 1. The van der Waals surface area contributed by atoms with Crippen LogP contribution in [0.3, 0.4) is 0 Å². The highest BCUT2D eigenvalue weighted by Gasteiger charge is 2.31. The maximum absolute atomic E-state index is 12.9. The van der Waals surface area contributed by atoms with Crippen LogP contribution in [0, 0.1) is 0 Å². The zero-order valence-electron chi connectivity index (χ0n) is 18.8. The first kappa shape index (κ1) is 25.0. The normalized spacial score (nSPS) is 14.8. The number of unbranched alkanes of at least 4 members (excludes halogenated alkanes) is 1. The van der Waals surface area contributed by atoms with Gasteiger partial charge in [0.2, 0.25) is 0 Å². The molecule has 3 rings (SSSR count). The van der Waals surface area contributed by atoms with Gasteiger partial charge in [0, 0.05) is 56.4 Å². The third-order valence-corrected chi connectivity index (χ3v) is 5.46. The summed E-state index contributed by atoms with van der Waals surface area (Å²) >= 11 is 0. The third-order valence-electron chi connectivity index (χ3n) is 5.46. The maximum Gasteiger partial charge on any atom is 0.416 e. The Kier molecular flexibility index (Phi) is 9.62. The number of benzene rings is 1. The van der Waals surface area contributed by atoms with E-state index in [0.29, 0.717) is 5.69 Å². The van der Waals surface area contributed by atoms with Crippen molar-refractivity contribution >= 4 is 11.5 Å². The van der Waals surface area contributed by atoms with E-state index in [2.05, 4.69) is 18.7 Å². The molecule has 0 atom stereocenters. The summed E-state index contributed by atoms with van der Waals surface area (Å²) in [5, 5.41) is 0. The van der Waals surface area contributed by atoms with E-state index < -0.39 is 11.7 Å². The number of ketones is 1. The van der Waals surface area contributed by atoms with Crippen molar-refractivity contribution in [2.75, 3.05) is 37.6 Å². The Morgan fingerprint density at radius 3 is 2.23 bits per heavy atom. The first-order chi connectivity index (χ1) is 14.7. The highest BCUT2D eigenvalue weighted by atomic mass is 19.4. The van der Waals surface area contributed by atoms with Crippen LogP contribution < -0.4 is 4.90 Å². The predicted molar refractivity (Wildman–Crippen MR) is 120 cm³/mol. The lowest BCUT2D eigenvalue weighted by molar-refractivity contribution is -0.137. The number of rotatable bonds is 7. The zero-order chi connectivity index (χ0) is 22.9. The van der Waals surface area contributed by atoms with Gasteiger partial charge in [-0.15, -0.1) is 0 Å². The summed E-state index contributed by atoms with van der Waals surface area (Å²) in [5.74, 6) is 0.0689. The van der Waals surface area contributed by atoms with Gasteiger partial charge < -0.3 is 9.47 Å². The van der Waals surface area contributed by atoms with Crippen LogP contribution in [0.4, 0.5) is 18.9 Å². The molecule has 0 saturated carbocycles. The minimum atomic E-state index is -4.31. The molecule has 1 aromatic heterocycles. The van der Waals surface area contributed by atoms with Gasteiger partial charge >= 0.3 is 6.18 Å². The van der Waals surface area contributed by atoms with E-state index in [0.717, 1.165) is 57.3 Å². The predicted octanol–water partition coefficient (Wildman–Crippen LogP) is 5.73. The molecule has 0 amide bonds. The fraction of sp³-hybridized carbons (Fsp3) is 0.542. The maximum atomic E-state index is 12.9. The van der Waals surface area contributed by atoms with E-state index in [1.54, 1.807) is 13.0 Å². The van der Waals surface area contributed by atoms with Crippen molar-refractivity contribution in [3.8, 4) is 0 Å². The van der Waals surface area contributed by atoms with E-state index in [1.807, 2.05) is 27.9 Å². The van der Waals surface area contributed by atoms with Crippen molar-refractivity contribution in [1.82, 2.24) is 9.47 Å². The molecule has 4 nitrogen and oxygen atoms in total. The molecule has 0 aliphatic carbocycles. The van der Waals surface area contributed by atoms with Crippen LogP contribution in [0.2, 0.25) is 0 Å². The summed E-state index contributed by atoms with van der Waals surface area (Å²) in [5.41, 5.74) is 0.761. The standard InChI is InChI=1S/C20H24F3N3O.C4H10/c1-16(27)17-6-9-25(15-17)8-3-7-24-10-12-26(13-11-24)19-5-2-4-18(14-19)20(21,22)23;1-3-4-2/h2,4-6,9,14-15H,3,7-8,10-13H2,1H3;3-4H2,1-2H3. The van der Waals surface area contributed by atoms with E-state index in [1.165, 1.54) is 25.0 Å².